The molecule has 0 aromatic rings. The van der Waals surface area contributed by atoms with Crippen molar-refractivity contribution in [3.63, 3.8) is 0 Å². The number of amides is 1. The van der Waals surface area contributed by atoms with Gasteiger partial charge in [0.05, 0.1) is 7.11 Å². The molecule has 0 radical (unpaired) electrons. The number of hydrogen-bond donors (Lipinski definition) is 0. The van der Waals surface area contributed by atoms with Crippen LogP contribution in [0.2, 0.25) is 0 Å². The number of nitrogens with zero attached hydrogens (tertiary/aromatic N) is 1. The highest BCUT2D eigenvalue weighted by molar-refractivity contribution is 5.86. The topological polar surface area (TPSA) is 46.6 Å². The molecule has 3 fully saturated rings. The molecule has 2 aliphatic carbocycles. The smallest absolute Gasteiger partial charge is 0.328 e. The van der Waals surface area contributed by atoms with Gasteiger partial charge in [-0.3, -0.25) is 4.79 Å². The van der Waals surface area contributed by atoms with Gasteiger partial charge in [-0.1, -0.05) is 6.42 Å². The summed E-state index contributed by atoms with van der Waals surface area (Å²) in [5.41, 5.74) is 0. The lowest BCUT2D eigenvalue weighted by molar-refractivity contribution is -0.153. The Labute approximate surface area is 108 Å². The highest BCUT2D eigenvalue weighted by Crippen LogP contribution is 2.49. The standard InChI is InChI=1S/C14H21NO3/c1-18-14(17)12-3-2-6-15(12)13(16)11-8-9-4-5-10(11)7-9/h9-12H,2-8H2,1H3. The van der Waals surface area contributed by atoms with E-state index in [0.717, 1.165) is 31.7 Å². The van der Waals surface area contributed by atoms with Gasteiger partial charge in [0.25, 0.3) is 0 Å². The van der Waals surface area contributed by atoms with E-state index >= 15 is 0 Å². The summed E-state index contributed by atoms with van der Waals surface area (Å²) in [5, 5.41) is 0. The summed E-state index contributed by atoms with van der Waals surface area (Å²) in [6.07, 6.45) is 6.47. The Morgan fingerprint density at radius 3 is 2.61 bits per heavy atom. The van der Waals surface area contributed by atoms with E-state index in [-0.39, 0.29) is 23.8 Å². The van der Waals surface area contributed by atoms with E-state index in [0.29, 0.717) is 5.92 Å². The van der Waals surface area contributed by atoms with Crippen molar-refractivity contribution in [3.05, 3.63) is 0 Å². The lowest BCUT2D eigenvalue weighted by atomic mass is 9.87. The minimum Gasteiger partial charge on any atom is -0.467 e. The van der Waals surface area contributed by atoms with E-state index in [2.05, 4.69) is 0 Å². The van der Waals surface area contributed by atoms with Crippen LogP contribution in [0.25, 0.3) is 0 Å². The van der Waals surface area contributed by atoms with Gasteiger partial charge in [0.15, 0.2) is 0 Å². The number of likely N-dealkylation sites (tertiary alicyclic amines) is 1. The molecule has 3 rings (SSSR count). The van der Waals surface area contributed by atoms with Gasteiger partial charge < -0.3 is 9.64 Å². The Bertz CT molecular complexity index is 368. The third kappa shape index (κ3) is 1.82. The number of carbonyl (C=O) groups excluding carboxylic acids is 2. The molecule has 2 bridgehead atoms. The fraction of sp³-hybridized carbons (Fsp3) is 0.857. The molecular weight excluding hydrogens is 230 g/mol. The number of rotatable bonds is 2. The molecular formula is C14H21NO3. The van der Waals surface area contributed by atoms with Gasteiger partial charge in [-0.25, -0.2) is 4.79 Å². The maximum atomic E-state index is 12.6. The van der Waals surface area contributed by atoms with Crippen molar-refractivity contribution in [2.45, 2.75) is 44.6 Å². The number of carbonyl (C=O) groups is 2. The number of esters is 1. The molecule has 0 N–H and O–H groups in total. The number of ether oxygens (including phenoxy) is 1. The minimum absolute atomic E-state index is 0.189. The number of fused-ring (bicyclic) bond motifs is 2. The molecule has 18 heavy (non-hydrogen) atoms. The van der Waals surface area contributed by atoms with E-state index in [1.54, 1.807) is 4.90 Å². The van der Waals surface area contributed by atoms with Crippen LogP contribution in [-0.2, 0) is 14.3 Å². The molecule has 1 aliphatic heterocycles. The zero-order chi connectivity index (χ0) is 12.7. The monoisotopic (exact) mass is 251 g/mol. The van der Waals surface area contributed by atoms with Crippen LogP contribution in [0.3, 0.4) is 0 Å². The predicted octanol–water partition coefficient (Wildman–Crippen LogP) is 1.59. The van der Waals surface area contributed by atoms with Crippen LogP contribution in [0.5, 0.6) is 0 Å². The molecule has 3 aliphatic rings. The predicted molar refractivity (Wildman–Crippen MR) is 65.7 cm³/mol. The van der Waals surface area contributed by atoms with Crippen LogP contribution in [0.1, 0.15) is 38.5 Å². The summed E-state index contributed by atoms with van der Waals surface area (Å²) in [4.78, 5) is 26.1. The van der Waals surface area contributed by atoms with Crippen molar-refractivity contribution >= 4 is 11.9 Å². The van der Waals surface area contributed by atoms with Crippen LogP contribution >= 0.6 is 0 Å². The molecule has 4 atom stereocenters. The quantitative estimate of drug-likeness (QED) is 0.700. The summed E-state index contributed by atoms with van der Waals surface area (Å²) in [5.74, 6) is 1.51. The van der Waals surface area contributed by atoms with Crippen molar-refractivity contribution in [1.29, 1.82) is 0 Å². The maximum Gasteiger partial charge on any atom is 0.328 e. The second-order valence-electron chi connectivity index (χ2n) is 5.99. The highest BCUT2D eigenvalue weighted by atomic mass is 16.5. The Balaban J connectivity index is 1.70. The lowest BCUT2D eigenvalue weighted by Gasteiger charge is -2.29. The van der Waals surface area contributed by atoms with Crippen molar-refractivity contribution in [3.8, 4) is 0 Å². The molecule has 4 nitrogen and oxygen atoms in total. The van der Waals surface area contributed by atoms with E-state index in [1.165, 1.54) is 26.4 Å². The van der Waals surface area contributed by atoms with Crippen LogP contribution in [0.15, 0.2) is 0 Å². The Hall–Kier alpha value is -1.06. The molecule has 1 saturated heterocycles. The number of methoxy groups -OCH3 is 1. The molecule has 0 spiro atoms. The average molecular weight is 251 g/mol. The van der Waals surface area contributed by atoms with Crippen LogP contribution in [-0.4, -0.2) is 36.5 Å². The van der Waals surface area contributed by atoms with E-state index in [9.17, 15) is 9.59 Å². The third-order valence-electron chi connectivity index (χ3n) is 5.06. The van der Waals surface area contributed by atoms with E-state index in [4.69, 9.17) is 4.74 Å². The van der Waals surface area contributed by atoms with Crippen LogP contribution < -0.4 is 0 Å². The Morgan fingerprint density at radius 1 is 1.17 bits per heavy atom. The SMILES string of the molecule is COC(=O)C1CCCN1C(=O)C1CC2CCC1C2. The molecule has 100 valence electrons. The Morgan fingerprint density at radius 2 is 2.00 bits per heavy atom. The fourth-order valence-electron chi connectivity index (χ4n) is 4.17. The molecule has 1 heterocycles. The zero-order valence-electron chi connectivity index (χ0n) is 10.9. The molecule has 0 aromatic heterocycles. The Kier molecular flexibility index (Phi) is 3.04. The highest BCUT2D eigenvalue weighted by Gasteiger charge is 2.47. The maximum absolute atomic E-state index is 12.6. The second-order valence-corrected chi connectivity index (χ2v) is 5.99. The third-order valence-corrected chi connectivity index (χ3v) is 5.06. The van der Waals surface area contributed by atoms with Gasteiger partial charge >= 0.3 is 5.97 Å². The van der Waals surface area contributed by atoms with Crippen molar-refractivity contribution in [2.24, 2.45) is 17.8 Å². The summed E-state index contributed by atoms with van der Waals surface area (Å²) in [6, 6.07) is -0.318. The molecule has 4 unspecified atom stereocenters. The normalized spacial score (nSPS) is 38.2. The summed E-state index contributed by atoms with van der Waals surface area (Å²) in [7, 11) is 1.40. The molecule has 1 amide bonds. The molecule has 4 heteroatoms. The molecule has 2 saturated carbocycles. The lowest BCUT2D eigenvalue weighted by Crippen LogP contribution is -2.45. The fourth-order valence-corrected chi connectivity index (χ4v) is 4.17. The largest absolute Gasteiger partial charge is 0.467 e. The van der Waals surface area contributed by atoms with E-state index in [1.807, 2.05) is 0 Å². The first-order valence-corrected chi connectivity index (χ1v) is 7.09. The van der Waals surface area contributed by atoms with Gasteiger partial charge in [-0.15, -0.1) is 0 Å². The first-order valence-electron chi connectivity index (χ1n) is 7.09. The van der Waals surface area contributed by atoms with Crippen molar-refractivity contribution in [2.75, 3.05) is 13.7 Å². The van der Waals surface area contributed by atoms with Gasteiger partial charge in [-0.2, -0.15) is 0 Å². The zero-order valence-corrected chi connectivity index (χ0v) is 10.9. The average Bonchev–Trinajstić information content (AvgIpc) is 3.11. The van der Waals surface area contributed by atoms with Gasteiger partial charge in [0, 0.05) is 12.5 Å². The number of hydrogen-bond acceptors (Lipinski definition) is 3. The summed E-state index contributed by atoms with van der Waals surface area (Å²) >= 11 is 0. The molecule has 0 aromatic carbocycles. The van der Waals surface area contributed by atoms with Crippen molar-refractivity contribution in [1.82, 2.24) is 4.90 Å². The van der Waals surface area contributed by atoms with Gasteiger partial charge in [0.1, 0.15) is 6.04 Å². The van der Waals surface area contributed by atoms with Gasteiger partial charge in [-0.05, 0) is 43.9 Å². The first-order chi connectivity index (χ1) is 8.70. The minimum atomic E-state index is -0.318. The summed E-state index contributed by atoms with van der Waals surface area (Å²) < 4.78 is 4.81. The van der Waals surface area contributed by atoms with Crippen LogP contribution in [0, 0.1) is 17.8 Å². The first kappa shape index (κ1) is 12.0. The van der Waals surface area contributed by atoms with Crippen LogP contribution in [0.4, 0.5) is 0 Å². The van der Waals surface area contributed by atoms with Crippen molar-refractivity contribution < 1.29 is 14.3 Å². The van der Waals surface area contributed by atoms with Gasteiger partial charge in [0.2, 0.25) is 5.91 Å². The van der Waals surface area contributed by atoms with E-state index < -0.39 is 0 Å². The second kappa shape index (κ2) is 4.56. The summed E-state index contributed by atoms with van der Waals surface area (Å²) in [6.45, 7) is 0.729.